The van der Waals surface area contributed by atoms with Crippen molar-refractivity contribution in [2.45, 2.75) is 175 Å². The molecule has 2 aliphatic rings. The van der Waals surface area contributed by atoms with Crippen LogP contribution in [0.5, 0.6) is 0 Å². The number of nitrogens with zero attached hydrogens (tertiary/aromatic N) is 2. The molecule has 0 unspecified atom stereocenters. The van der Waals surface area contributed by atoms with Gasteiger partial charge in [0.15, 0.2) is 8.32 Å². The van der Waals surface area contributed by atoms with Gasteiger partial charge in [0, 0.05) is 11.1 Å². The highest BCUT2D eigenvalue weighted by Gasteiger charge is 2.38. The summed E-state index contributed by atoms with van der Waals surface area (Å²) in [5.74, 6) is 7.83. The van der Waals surface area contributed by atoms with Crippen molar-refractivity contribution in [3.8, 4) is 47.6 Å². The van der Waals surface area contributed by atoms with Gasteiger partial charge in [0.25, 0.3) is 0 Å². The molecule has 4 aromatic rings. The third-order valence-electron chi connectivity index (χ3n) is 12.9. The molecule has 0 aliphatic heterocycles. The predicted octanol–water partition coefficient (Wildman–Crippen LogP) is 11.3. The number of benzene rings is 2. The van der Waals surface area contributed by atoms with Crippen LogP contribution < -0.4 is 0 Å². The van der Waals surface area contributed by atoms with Crippen molar-refractivity contribution in [1.29, 1.82) is 0 Å². The minimum Gasteiger partial charge on any atom is -0.441 e. The lowest BCUT2D eigenvalue weighted by molar-refractivity contribution is -0.0882. The molecule has 0 saturated heterocycles. The monoisotopic (exact) mass is 957 g/mol. The molecule has 0 amide bonds. The van der Waals surface area contributed by atoms with Crippen molar-refractivity contribution in [3.63, 3.8) is 0 Å². The summed E-state index contributed by atoms with van der Waals surface area (Å²) in [5, 5.41) is 9.50. The topological polar surface area (TPSA) is 137 Å². The average molecular weight is 957 g/mol. The minimum absolute atomic E-state index is 0. The molecule has 68 heavy (non-hydrogen) atoms. The summed E-state index contributed by atoms with van der Waals surface area (Å²) in [6.07, 6.45) is 18.3. The summed E-state index contributed by atoms with van der Waals surface area (Å²) in [5.41, 5.74) is 5.99. The maximum Gasteiger partial charge on any atom is 0.226 e. The van der Waals surface area contributed by atoms with Gasteiger partial charge in [0.05, 0.1) is 64.1 Å². The van der Waals surface area contributed by atoms with E-state index in [1.807, 2.05) is 38.1 Å². The number of hydrogen-bond donors (Lipinski definition) is 1. The summed E-state index contributed by atoms with van der Waals surface area (Å²) >= 11 is 0. The Balaban J connectivity index is 0.000000298. The van der Waals surface area contributed by atoms with E-state index in [2.05, 4.69) is 88.8 Å². The number of hydrogen-bond acceptors (Lipinski definition) is 12. The standard InChI is InChI=1S/C30H45NO5Si.C24H31NO5.CH4/c1-9-16-32-27(20-35-37(7,8)30(4,5)6)19-33-25-14-11-15-26(18-25)34-21-28-23(3)36-29(31-28)24-13-10-12-22(2)17-24;1-4-11-27-22(14-26)15-28-20-9-6-10-21(13-20)29-16-23-18(3)30-24(25-23)19-8-5-7-17(2)12-19;/h1,10,12-13,17,25-27H,11,14-16,18-21H2,2-8H3;1,5,7-8,12,20-22,26H,6,9-11,13-16H2,2-3H3;1H4/t25-,26+,27+;20-,21+,22-;/m11./s1. The molecule has 2 aliphatic carbocycles. The first-order valence-electron chi connectivity index (χ1n) is 23.9. The van der Waals surface area contributed by atoms with Crippen LogP contribution in [-0.2, 0) is 46.1 Å². The fourth-order valence-corrected chi connectivity index (χ4v) is 8.80. The Morgan fingerprint density at radius 2 is 1.10 bits per heavy atom. The SMILES string of the molecule is C.C#CCO[C@@H](CO[C@@H]1CCC[C@H](OCc2nc(-c3cccc(C)c3)oc2C)C1)CO[Si](C)(C)C(C)(C)C.C#CCO[C@H](CO)CO[C@@H]1CCC[C@H](OCc2nc(-c3cccc(C)c3)oc2C)C1. The molecular weight excluding hydrogens is 877 g/mol. The van der Waals surface area contributed by atoms with Crippen LogP contribution in [0.4, 0.5) is 0 Å². The summed E-state index contributed by atoms with van der Waals surface area (Å²) in [6.45, 7) is 21.7. The zero-order valence-electron chi connectivity index (χ0n) is 41.6. The van der Waals surface area contributed by atoms with Gasteiger partial charge in [-0.2, -0.15) is 0 Å². The van der Waals surface area contributed by atoms with E-state index in [1.165, 1.54) is 11.1 Å². The Hall–Kier alpha value is -4.12. The van der Waals surface area contributed by atoms with Gasteiger partial charge < -0.3 is 46.8 Å². The van der Waals surface area contributed by atoms with Crippen molar-refractivity contribution in [2.24, 2.45) is 0 Å². The number of aliphatic hydroxyl groups excluding tert-OH is 1. The molecule has 2 heterocycles. The summed E-state index contributed by atoms with van der Waals surface area (Å²) in [6, 6.07) is 16.3. The number of terminal acetylenes is 2. The maximum absolute atomic E-state index is 9.36. The first kappa shape index (κ1) is 56.5. The highest BCUT2D eigenvalue weighted by molar-refractivity contribution is 6.74. The molecule has 2 saturated carbocycles. The second-order valence-electron chi connectivity index (χ2n) is 19.4. The highest BCUT2D eigenvalue weighted by atomic mass is 28.4. The highest BCUT2D eigenvalue weighted by Crippen LogP contribution is 2.37. The third-order valence-corrected chi connectivity index (χ3v) is 17.4. The normalized spacial score (nSPS) is 19.5. The fourth-order valence-electron chi connectivity index (χ4n) is 7.76. The molecule has 13 heteroatoms. The van der Waals surface area contributed by atoms with Crippen LogP contribution in [0.15, 0.2) is 57.4 Å². The van der Waals surface area contributed by atoms with Crippen LogP contribution in [0, 0.1) is 52.4 Å². The lowest BCUT2D eigenvalue weighted by Crippen LogP contribution is -2.44. The van der Waals surface area contributed by atoms with Gasteiger partial charge in [-0.15, -0.1) is 12.8 Å². The Morgan fingerprint density at radius 3 is 1.51 bits per heavy atom. The molecule has 374 valence electrons. The molecule has 2 fully saturated rings. The van der Waals surface area contributed by atoms with Gasteiger partial charge >= 0.3 is 0 Å². The third kappa shape index (κ3) is 18.0. The molecule has 0 radical (unpaired) electrons. The van der Waals surface area contributed by atoms with Crippen molar-refractivity contribution < 1.29 is 46.8 Å². The Labute approximate surface area is 408 Å². The quantitative estimate of drug-likeness (QED) is 0.0593. The number of ether oxygens (including phenoxy) is 6. The van der Waals surface area contributed by atoms with Crippen molar-refractivity contribution in [2.75, 3.05) is 39.6 Å². The molecular formula is C55H80N2O10Si. The van der Waals surface area contributed by atoms with E-state index >= 15 is 0 Å². The molecule has 2 aromatic carbocycles. The van der Waals surface area contributed by atoms with Gasteiger partial charge in [-0.3, -0.25) is 0 Å². The van der Waals surface area contributed by atoms with Gasteiger partial charge in [-0.1, -0.05) is 75.4 Å². The number of oxazole rings is 2. The van der Waals surface area contributed by atoms with E-state index < -0.39 is 8.32 Å². The smallest absolute Gasteiger partial charge is 0.226 e. The van der Waals surface area contributed by atoms with E-state index in [0.717, 1.165) is 85.4 Å². The van der Waals surface area contributed by atoms with Crippen LogP contribution in [-0.4, -0.2) is 99.7 Å². The van der Waals surface area contributed by atoms with Crippen molar-refractivity contribution >= 4 is 8.32 Å². The Kier molecular flexibility index (Phi) is 23.2. The number of aliphatic hydroxyl groups is 1. The van der Waals surface area contributed by atoms with Gasteiger partial charge in [-0.25, -0.2) is 9.97 Å². The average Bonchev–Trinajstić information content (AvgIpc) is 3.88. The van der Waals surface area contributed by atoms with Gasteiger partial charge in [0.2, 0.25) is 11.8 Å². The van der Waals surface area contributed by atoms with E-state index in [9.17, 15) is 5.11 Å². The number of aromatic nitrogens is 2. The van der Waals surface area contributed by atoms with E-state index in [1.54, 1.807) is 0 Å². The Bertz CT molecular complexity index is 2180. The number of rotatable bonds is 22. The second kappa shape index (κ2) is 27.9. The van der Waals surface area contributed by atoms with Gasteiger partial charge in [0.1, 0.15) is 48.3 Å². The lowest BCUT2D eigenvalue weighted by atomic mass is 9.95. The largest absolute Gasteiger partial charge is 0.441 e. The van der Waals surface area contributed by atoms with Crippen molar-refractivity contribution in [1.82, 2.24) is 9.97 Å². The Morgan fingerprint density at radius 1 is 0.676 bits per heavy atom. The van der Waals surface area contributed by atoms with Crippen LogP contribution in [0.2, 0.25) is 18.1 Å². The van der Waals surface area contributed by atoms with E-state index in [0.29, 0.717) is 44.8 Å². The second-order valence-corrected chi connectivity index (χ2v) is 24.2. The molecule has 0 bridgehead atoms. The van der Waals surface area contributed by atoms with E-state index in [-0.39, 0.29) is 68.9 Å². The molecule has 0 spiro atoms. The molecule has 2 aromatic heterocycles. The van der Waals surface area contributed by atoms with Gasteiger partial charge in [-0.05, 0) is 121 Å². The fraction of sp³-hybridized carbons (Fsp3) is 0.600. The van der Waals surface area contributed by atoms with Crippen molar-refractivity contribution in [3.05, 3.63) is 82.6 Å². The number of aryl methyl sites for hydroxylation is 4. The summed E-state index contributed by atoms with van der Waals surface area (Å²) in [7, 11) is -1.88. The first-order chi connectivity index (χ1) is 32.1. The molecule has 6 atom stereocenters. The zero-order valence-corrected chi connectivity index (χ0v) is 42.6. The molecule has 12 nitrogen and oxygen atoms in total. The summed E-state index contributed by atoms with van der Waals surface area (Å²) in [4.78, 5) is 9.34. The minimum atomic E-state index is -1.88. The molecule has 6 rings (SSSR count). The first-order valence-corrected chi connectivity index (χ1v) is 26.9. The zero-order chi connectivity index (χ0) is 48.4. The molecule has 1 N–H and O–H groups in total. The van der Waals surface area contributed by atoms with E-state index in [4.69, 9.17) is 59.5 Å². The predicted molar refractivity (Wildman–Crippen MR) is 271 cm³/mol. The van der Waals surface area contributed by atoms with Crippen LogP contribution >= 0.6 is 0 Å². The summed E-state index contributed by atoms with van der Waals surface area (Å²) < 4.78 is 54.1. The lowest BCUT2D eigenvalue weighted by Gasteiger charge is -2.37. The van der Waals surface area contributed by atoms with Crippen LogP contribution in [0.3, 0.4) is 0 Å². The van der Waals surface area contributed by atoms with Crippen LogP contribution in [0.1, 0.15) is 114 Å². The maximum atomic E-state index is 9.36. The van der Waals surface area contributed by atoms with Crippen LogP contribution in [0.25, 0.3) is 22.9 Å².